The molecule has 0 fully saturated rings. The minimum absolute atomic E-state index is 0.223. The van der Waals surface area contributed by atoms with Crippen molar-refractivity contribution >= 4 is 17.7 Å². The first-order chi connectivity index (χ1) is 8.42. The fraction of sp³-hybridized carbons (Fsp3) is 0.769. The molecule has 0 radical (unpaired) electrons. The maximum absolute atomic E-state index is 11.8. The average molecular weight is 258 g/mol. The molecule has 0 aliphatic heterocycles. The van der Waals surface area contributed by atoms with E-state index in [-0.39, 0.29) is 19.1 Å². The van der Waals surface area contributed by atoms with Crippen LogP contribution in [0.25, 0.3) is 0 Å². The highest BCUT2D eigenvalue weighted by molar-refractivity contribution is 6.06. The van der Waals surface area contributed by atoms with Crippen LogP contribution in [0.15, 0.2) is 0 Å². The van der Waals surface area contributed by atoms with Gasteiger partial charge in [-0.1, -0.05) is 13.3 Å². The highest BCUT2D eigenvalue weighted by Gasteiger charge is 2.29. The summed E-state index contributed by atoms with van der Waals surface area (Å²) in [4.78, 5) is 34.8. The molecular formula is C13H22O5. The molecule has 5 nitrogen and oxygen atoms in total. The Labute approximate surface area is 108 Å². The standard InChI is InChI=1S/C13H22O5/c1-5-7-10(13(16)18-9(3)4)11(14)8-12(15)17-6-2/h9-10H,5-8H2,1-4H3. The van der Waals surface area contributed by atoms with Crippen LogP contribution in [0.1, 0.15) is 47.0 Å². The lowest BCUT2D eigenvalue weighted by Gasteiger charge is -2.15. The maximum Gasteiger partial charge on any atom is 0.316 e. The zero-order chi connectivity index (χ0) is 14.1. The fourth-order valence-electron chi connectivity index (χ4n) is 1.49. The second-order valence-corrected chi connectivity index (χ2v) is 4.28. The second-order valence-electron chi connectivity index (χ2n) is 4.28. The van der Waals surface area contributed by atoms with Gasteiger partial charge in [-0.05, 0) is 27.2 Å². The Bertz CT molecular complexity index is 296. The van der Waals surface area contributed by atoms with Crippen LogP contribution in [-0.4, -0.2) is 30.4 Å². The number of ketones is 1. The summed E-state index contributed by atoms with van der Waals surface area (Å²) in [6, 6.07) is 0. The third kappa shape index (κ3) is 6.37. The van der Waals surface area contributed by atoms with Crippen molar-refractivity contribution in [2.75, 3.05) is 6.61 Å². The zero-order valence-electron chi connectivity index (χ0n) is 11.5. The summed E-state index contributed by atoms with van der Waals surface area (Å²) in [5.41, 5.74) is 0. The molecule has 1 atom stereocenters. The molecule has 0 bridgehead atoms. The Kier molecular flexibility index (Phi) is 8.00. The van der Waals surface area contributed by atoms with E-state index >= 15 is 0 Å². The highest BCUT2D eigenvalue weighted by Crippen LogP contribution is 2.14. The van der Waals surface area contributed by atoms with Gasteiger partial charge in [-0.2, -0.15) is 0 Å². The summed E-state index contributed by atoms with van der Waals surface area (Å²) in [5.74, 6) is -2.44. The third-order valence-corrected chi connectivity index (χ3v) is 2.23. The van der Waals surface area contributed by atoms with E-state index < -0.39 is 23.6 Å². The summed E-state index contributed by atoms with van der Waals surface area (Å²) in [6.07, 6.45) is 0.425. The summed E-state index contributed by atoms with van der Waals surface area (Å²) in [7, 11) is 0. The summed E-state index contributed by atoms with van der Waals surface area (Å²) in [5, 5.41) is 0. The molecule has 0 aromatic carbocycles. The first-order valence-electron chi connectivity index (χ1n) is 6.31. The first-order valence-corrected chi connectivity index (χ1v) is 6.31. The van der Waals surface area contributed by atoms with Gasteiger partial charge in [0.25, 0.3) is 0 Å². The van der Waals surface area contributed by atoms with E-state index in [1.54, 1.807) is 20.8 Å². The van der Waals surface area contributed by atoms with Gasteiger partial charge >= 0.3 is 11.9 Å². The number of rotatable bonds is 8. The molecule has 0 amide bonds. The molecule has 18 heavy (non-hydrogen) atoms. The minimum atomic E-state index is -0.859. The van der Waals surface area contributed by atoms with Gasteiger partial charge in [-0.25, -0.2) is 0 Å². The van der Waals surface area contributed by atoms with E-state index in [1.165, 1.54) is 0 Å². The Hall–Kier alpha value is -1.39. The normalized spacial score (nSPS) is 12.1. The van der Waals surface area contributed by atoms with Gasteiger partial charge < -0.3 is 9.47 Å². The zero-order valence-corrected chi connectivity index (χ0v) is 11.5. The number of hydrogen-bond acceptors (Lipinski definition) is 5. The lowest BCUT2D eigenvalue weighted by molar-refractivity contribution is -0.156. The molecule has 0 saturated carbocycles. The second kappa shape index (κ2) is 8.66. The van der Waals surface area contributed by atoms with Gasteiger partial charge in [0.2, 0.25) is 0 Å². The number of carbonyl (C=O) groups excluding carboxylic acids is 3. The van der Waals surface area contributed by atoms with Crippen molar-refractivity contribution in [1.29, 1.82) is 0 Å². The van der Waals surface area contributed by atoms with Gasteiger partial charge in [0, 0.05) is 0 Å². The number of carbonyl (C=O) groups is 3. The Balaban J connectivity index is 4.53. The van der Waals surface area contributed by atoms with Crippen LogP contribution in [0.2, 0.25) is 0 Å². The van der Waals surface area contributed by atoms with Crippen molar-refractivity contribution in [3.8, 4) is 0 Å². The maximum atomic E-state index is 11.8. The van der Waals surface area contributed by atoms with Crippen LogP contribution in [0, 0.1) is 5.92 Å². The summed E-state index contributed by atoms with van der Waals surface area (Å²) < 4.78 is 9.71. The topological polar surface area (TPSA) is 69.7 Å². The molecule has 0 N–H and O–H groups in total. The highest BCUT2D eigenvalue weighted by atomic mass is 16.5. The van der Waals surface area contributed by atoms with Gasteiger partial charge in [0.05, 0.1) is 12.7 Å². The van der Waals surface area contributed by atoms with E-state index in [2.05, 4.69) is 4.74 Å². The van der Waals surface area contributed by atoms with Crippen molar-refractivity contribution < 1.29 is 23.9 Å². The van der Waals surface area contributed by atoms with Crippen molar-refractivity contribution in [3.05, 3.63) is 0 Å². The number of ether oxygens (including phenoxy) is 2. The van der Waals surface area contributed by atoms with Crippen LogP contribution in [0.3, 0.4) is 0 Å². The smallest absolute Gasteiger partial charge is 0.316 e. The molecule has 0 rings (SSSR count). The number of hydrogen-bond donors (Lipinski definition) is 0. The molecule has 5 heteroatoms. The summed E-state index contributed by atoms with van der Waals surface area (Å²) >= 11 is 0. The van der Waals surface area contributed by atoms with E-state index in [0.29, 0.717) is 12.8 Å². The molecule has 0 aromatic heterocycles. The molecule has 0 saturated heterocycles. The molecule has 0 heterocycles. The third-order valence-electron chi connectivity index (χ3n) is 2.23. The molecule has 1 unspecified atom stereocenters. The van der Waals surface area contributed by atoms with Crippen molar-refractivity contribution in [2.24, 2.45) is 5.92 Å². The fourth-order valence-corrected chi connectivity index (χ4v) is 1.49. The van der Waals surface area contributed by atoms with Gasteiger partial charge in [0.1, 0.15) is 12.3 Å². The average Bonchev–Trinajstić information content (AvgIpc) is 2.24. The molecule has 0 aromatic rings. The first kappa shape index (κ1) is 16.6. The lowest BCUT2D eigenvalue weighted by atomic mass is 9.96. The monoisotopic (exact) mass is 258 g/mol. The van der Waals surface area contributed by atoms with Crippen LogP contribution in [-0.2, 0) is 23.9 Å². The van der Waals surface area contributed by atoms with Crippen LogP contribution in [0.5, 0.6) is 0 Å². The molecule has 0 spiro atoms. The van der Waals surface area contributed by atoms with Gasteiger partial charge in [0.15, 0.2) is 5.78 Å². The predicted molar refractivity (Wildman–Crippen MR) is 65.9 cm³/mol. The van der Waals surface area contributed by atoms with Crippen LogP contribution in [0.4, 0.5) is 0 Å². The molecule has 0 aliphatic rings. The largest absolute Gasteiger partial charge is 0.466 e. The quantitative estimate of drug-likeness (QED) is 0.491. The molecule has 0 aliphatic carbocycles. The Morgan fingerprint density at radius 2 is 1.72 bits per heavy atom. The van der Waals surface area contributed by atoms with Crippen LogP contribution >= 0.6 is 0 Å². The lowest BCUT2D eigenvalue weighted by Crippen LogP contribution is -2.29. The number of Topliss-reactive ketones (excluding diaryl/α,β-unsaturated/α-hetero) is 1. The molecule has 104 valence electrons. The number of esters is 2. The van der Waals surface area contributed by atoms with Crippen molar-refractivity contribution in [3.63, 3.8) is 0 Å². The Morgan fingerprint density at radius 1 is 1.11 bits per heavy atom. The Morgan fingerprint density at radius 3 is 2.17 bits per heavy atom. The predicted octanol–water partition coefficient (Wildman–Crippen LogP) is 1.88. The van der Waals surface area contributed by atoms with E-state index in [1.807, 2.05) is 6.92 Å². The summed E-state index contributed by atoms with van der Waals surface area (Å²) in [6.45, 7) is 7.20. The molecular weight excluding hydrogens is 236 g/mol. The van der Waals surface area contributed by atoms with Crippen LogP contribution < -0.4 is 0 Å². The minimum Gasteiger partial charge on any atom is -0.466 e. The van der Waals surface area contributed by atoms with E-state index in [4.69, 9.17) is 4.74 Å². The van der Waals surface area contributed by atoms with E-state index in [9.17, 15) is 14.4 Å². The van der Waals surface area contributed by atoms with Gasteiger partial charge in [-0.15, -0.1) is 0 Å². The van der Waals surface area contributed by atoms with Gasteiger partial charge in [-0.3, -0.25) is 14.4 Å². The van der Waals surface area contributed by atoms with E-state index in [0.717, 1.165) is 0 Å². The SMILES string of the molecule is CCCC(C(=O)CC(=O)OCC)C(=O)OC(C)C. The van der Waals surface area contributed by atoms with Crippen molar-refractivity contribution in [1.82, 2.24) is 0 Å². The van der Waals surface area contributed by atoms with Crippen molar-refractivity contribution in [2.45, 2.75) is 53.1 Å².